The van der Waals surface area contributed by atoms with Crippen LogP contribution in [0.25, 0.3) is 0 Å². The van der Waals surface area contributed by atoms with Gasteiger partial charge in [-0.05, 0) is 6.42 Å². The Balaban J connectivity index is -0.000000333. The fraction of sp³-hybridized carbons (Fsp3) is 0.625. The molecule has 0 saturated carbocycles. The van der Waals surface area contributed by atoms with Crippen molar-refractivity contribution < 1.29 is 35.5 Å². The molecule has 2 nitrogen and oxygen atoms in total. The van der Waals surface area contributed by atoms with E-state index in [-0.39, 0.29) is 48.0 Å². The minimum Gasteiger partial charge on any atom is -1.00 e. The van der Waals surface area contributed by atoms with Crippen molar-refractivity contribution in [2.45, 2.75) is 19.8 Å². The molecule has 1 heterocycles. The predicted molar refractivity (Wildman–Crippen MR) is 55.0 cm³/mol. The standard InChI is InChI=1S/C8H15N2.BrH.Na.H/c1-3-4-6-10(2)7-5-9-8-10;;;/h5,7-8H,3-4,6H2,1-2H3;1H;;/q+1;;+1;-1. The smallest absolute Gasteiger partial charge is 1.00 e. The van der Waals surface area contributed by atoms with Gasteiger partial charge in [0.15, 0.2) is 6.34 Å². The van der Waals surface area contributed by atoms with Gasteiger partial charge in [0, 0.05) is 0 Å². The molecule has 0 aliphatic carbocycles. The van der Waals surface area contributed by atoms with Gasteiger partial charge in [0.2, 0.25) is 0 Å². The quantitative estimate of drug-likeness (QED) is 0.466. The van der Waals surface area contributed by atoms with Gasteiger partial charge in [0.25, 0.3) is 0 Å². The Morgan fingerprint density at radius 1 is 1.50 bits per heavy atom. The van der Waals surface area contributed by atoms with Crippen LogP contribution < -0.4 is 29.6 Å². The molecule has 0 bridgehead atoms. The Hall–Kier alpha value is 0.850. The summed E-state index contributed by atoms with van der Waals surface area (Å²) >= 11 is 0. The molecule has 12 heavy (non-hydrogen) atoms. The molecule has 66 valence electrons. The van der Waals surface area contributed by atoms with Crippen molar-refractivity contribution in [2.75, 3.05) is 13.6 Å². The fourth-order valence-corrected chi connectivity index (χ4v) is 1.05. The summed E-state index contributed by atoms with van der Waals surface area (Å²) in [6.45, 7) is 3.39. The molecular formula is C8H17BrN2Na+. The van der Waals surface area contributed by atoms with Gasteiger partial charge in [-0.3, -0.25) is 4.48 Å². The summed E-state index contributed by atoms with van der Waals surface area (Å²) in [5.74, 6) is 0. The van der Waals surface area contributed by atoms with E-state index in [1.807, 2.05) is 12.5 Å². The Morgan fingerprint density at radius 2 is 2.17 bits per heavy atom. The first-order valence-electron chi connectivity index (χ1n) is 3.84. The Kier molecular flexibility index (Phi) is 9.29. The monoisotopic (exact) mass is 243 g/mol. The van der Waals surface area contributed by atoms with Crippen LogP contribution in [0, 0.1) is 0 Å². The third-order valence-electron chi connectivity index (χ3n) is 1.82. The molecule has 0 N–H and O–H groups in total. The summed E-state index contributed by atoms with van der Waals surface area (Å²) < 4.78 is 0.883. The van der Waals surface area contributed by atoms with Crippen LogP contribution in [0.5, 0.6) is 0 Å². The van der Waals surface area contributed by atoms with Crippen LogP contribution in [0.3, 0.4) is 0 Å². The first kappa shape index (κ1) is 15.3. The Morgan fingerprint density at radius 3 is 2.58 bits per heavy atom. The molecule has 0 spiro atoms. The first-order valence-corrected chi connectivity index (χ1v) is 3.84. The maximum atomic E-state index is 4.06. The van der Waals surface area contributed by atoms with Crippen LogP contribution in [0.1, 0.15) is 21.2 Å². The van der Waals surface area contributed by atoms with Gasteiger partial charge in [-0.15, -0.1) is 17.0 Å². The zero-order valence-electron chi connectivity index (χ0n) is 9.16. The second kappa shape index (κ2) is 7.27. The third kappa shape index (κ3) is 4.77. The molecule has 0 saturated heterocycles. The van der Waals surface area contributed by atoms with Gasteiger partial charge >= 0.3 is 29.6 Å². The summed E-state index contributed by atoms with van der Waals surface area (Å²) in [4.78, 5) is 4.06. The summed E-state index contributed by atoms with van der Waals surface area (Å²) in [6.07, 6.45) is 8.50. The van der Waals surface area contributed by atoms with Crippen molar-refractivity contribution in [3.63, 3.8) is 0 Å². The molecule has 0 aromatic rings. The van der Waals surface area contributed by atoms with Crippen molar-refractivity contribution in [1.82, 2.24) is 0 Å². The van der Waals surface area contributed by atoms with Crippen LogP contribution in [-0.4, -0.2) is 24.4 Å². The summed E-state index contributed by atoms with van der Waals surface area (Å²) in [6, 6.07) is 0. The van der Waals surface area contributed by atoms with Crippen molar-refractivity contribution in [2.24, 2.45) is 4.99 Å². The van der Waals surface area contributed by atoms with E-state index in [2.05, 4.69) is 25.2 Å². The van der Waals surface area contributed by atoms with Gasteiger partial charge in [-0.2, -0.15) is 0 Å². The molecule has 4 heteroatoms. The second-order valence-electron chi connectivity index (χ2n) is 2.99. The van der Waals surface area contributed by atoms with Crippen molar-refractivity contribution >= 4 is 23.3 Å². The number of hydrogen-bond donors (Lipinski definition) is 0. The zero-order chi connectivity index (χ0) is 7.45. The number of unbranched alkanes of at least 4 members (excludes halogenated alkanes) is 1. The summed E-state index contributed by atoms with van der Waals surface area (Å²) in [5, 5.41) is 0. The number of halogens is 1. The minimum atomic E-state index is 0. The van der Waals surface area contributed by atoms with E-state index < -0.39 is 0 Å². The predicted octanol–water partition coefficient (Wildman–Crippen LogP) is -0.559. The van der Waals surface area contributed by atoms with Gasteiger partial charge in [0.05, 0.1) is 19.8 Å². The average molecular weight is 244 g/mol. The van der Waals surface area contributed by atoms with E-state index in [1.54, 1.807) is 0 Å². The summed E-state index contributed by atoms with van der Waals surface area (Å²) in [7, 11) is 2.17. The van der Waals surface area contributed by atoms with E-state index in [1.165, 1.54) is 19.4 Å². The van der Waals surface area contributed by atoms with E-state index in [0.29, 0.717) is 0 Å². The first-order chi connectivity index (χ1) is 4.77. The molecule has 0 radical (unpaired) electrons. The number of quaternary nitrogens is 1. The van der Waals surface area contributed by atoms with Crippen molar-refractivity contribution in [3.8, 4) is 0 Å². The molecule has 0 aromatic heterocycles. The van der Waals surface area contributed by atoms with E-state index in [4.69, 9.17) is 0 Å². The van der Waals surface area contributed by atoms with Crippen LogP contribution in [-0.2, 0) is 0 Å². The van der Waals surface area contributed by atoms with Crippen molar-refractivity contribution in [3.05, 3.63) is 12.4 Å². The topological polar surface area (TPSA) is 12.4 Å². The van der Waals surface area contributed by atoms with Gasteiger partial charge < -0.3 is 1.43 Å². The van der Waals surface area contributed by atoms with Crippen LogP contribution in [0.4, 0.5) is 0 Å². The van der Waals surface area contributed by atoms with Crippen LogP contribution in [0.15, 0.2) is 17.4 Å². The fourth-order valence-electron chi connectivity index (χ4n) is 1.05. The third-order valence-corrected chi connectivity index (χ3v) is 1.82. The summed E-state index contributed by atoms with van der Waals surface area (Å²) in [5.41, 5.74) is 0. The number of hydrogen-bond acceptors (Lipinski definition) is 1. The average Bonchev–Trinajstić information content (AvgIpc) is 2.33. The molecule has 1 aliphatic rings. The molecule has 0 amide bonds. The SMILES string of the molecule is Br.CCCC[N+]1(C)C=CN=C1.[H-].[Na+]. The molecule has 0 aromatic carbocycles. The molecule has 1 rings (SSSR count). The normalized spacial score (nSPS) is 24.8. The maximum Gasteiger partial charge on any atom is 1.00 e. The van der Waals surface area contributed by atoms with E-state index in [9.17, 15) is 0 Å². The molecular weight excluding hydrogens is 227 g/mol. The van der Waals surface area contributed by atoms with Gasteiger partial charge in [0.1, 0.15) is 6.20 Å². The van der Waals surface area contributed by atoms with Crippen molar-refractivity contribution in [1.29, 1.82) is 0 Å². The van der Waals surface area contributed by atoms with Crippen LogP contribution >= 0.6 is 17.0 Å². The second-order valence-corrected chi connectivity index (χ2v) is 2.99. The Labute approximate surface area is 109 Å². The maximum absolute atomic E-state index is 4.06. The zero-order valence-corrected chi connectivity index (χ0v) is 11.9. The van der Waals surface area contributed by atoms with Gasteiger partial charge in [-0.1, -0.05) is 13.3 Å². The minimum absolute atomic E-state index is 0. The Bertz CT molecular complexity index is 162. The number of aliphatic imine (C=N–C) groups is 1. The number of nitrogens with zero attached hydrogens (tertiary/aromatic N) is 2. The largest absolute Gasteiger partial charge is 1.00 e. The number of rotatable bonds is 3. The van der Waals surface area contributed by atoms with Crippen LogP contribution in [0.2, 0.25) is 0 Å². The molecule has 1 atom stereocenters. The molecule has 0 fully saturated rings. The molecule has 1 unspecified atom stereocenters. The van der Waals surface area contributed by atoms with E-state index >= 15 is 0 Å². The van der Waals surface area contributed by atoms with Gasteiger partial charge in [-0.25, -0.2) is 4.99 Å². The van der Waals surface area contributed by atoms with E-state index in [0.717, 1.165) is 4.48 Å². The molecule has 1 aliphatic heterocycles.